The highest BCUT2D eigenvalue weighted by Gasteiger charge is 2.31. The van der Waals surface area contributed by atoms with Gasteiger partial charge in [-0.05, 0) is 56.5 Å². The number of ether oxygens (including phenoxy) is 1. The zero-order chi connectivity index (χ0) is 19.6. The summed E-state index contributed by atoms with van der Waals surface area (Å²) >= 11 is 3.16. The highest BCUT2D eigenvalue weighted by molar-refractivity contribution is 9.10. The van der Waals surface area contributed by atoms with E-state index in [0.29, 0.717) is 6.54 Å². The van der Waals surface area contributed by atoms with E-state index in [-0.39, 0.29) is 17.6 Å². The number of terminal acetylenes is 1. The fourth-order valence-corrected chi connectivity index (χ4v) is 2.66. The van der Waals surface area contributed by atoms with Crippen LogP contribution in [-0.4, -0.2) is 40.5 Å². The number of hydrogen-bond donors (Lipinski definition) is 1. The molecule has 6 nitrogen and oxygen atoms in total. The minimum absolute atomic E-state index is 0.0260. The van der Waals surface area contributed by atoms with Gasteiger partial charge < -0.3 is 14.5 Å². The molecule has 0 aromatic carbocycles. The summed E-state index contributed by atoms with van der Waals surface area (Å²) in [5, 5.41) is 0. The summed E-state index contributed by atoms with van der Waals surface area (Å²) in [6, 6.07) is 2.75. The number of hydrogen-bond acceptors (Lipinski definition) is 4. The number of halogens is 1. The molecule has 2 rings (SSSR count). The van der Waals surface area contributed by atoms with Crippen molar-refractivity contribution in [2.75, 3.05) is 6.54 Å². The van der Waals surface area contributed by atoms with E-state index < -0.39 is 5.60 Å². The van der Waals surface area contributed by atoms with Crippen LogP contribution in [0.4, 0.5) is 4.79 Å². The Balaban J connectivity index is 0.000000451. The molecule has 1 atom stereocenters. The molecule has 2 heterocycles. The van der Waals surface area contributed by atoms with E-state index in [0.717, 1.165) is 29.4 Å². The number of amides is 1. The smallest absolute Gasteiger partial charge is 0.410 e. The molecule has 0 radical (unpaired) electrons. The first-order valence-electron chi connectivity index (χ1n) is 7.77. The van der Waals surface area contributed by atoms with Crippen LogP contribution in [0.25, 0.3) is 0 Å². The Morgan fingerprint density at radius 1 is 1.40 bits per heavy atom. The summed E-state index contributed by atoms with van der Waals surface area (Å²) in [5.41, 5.74) is 0.403. The molecule has 25 heavy (non-hydrogen) atoms. The monoisotopic (exact) mass is 412 g/mol. The Morgan fingerprint density at radius 3 is 2.44 bits per heavy atom. The lowest BCUT2D eigenvalue weighted by molar-refractivity contribution is -0.111. The van der Waals surface area contributed by atoms with Gasteiger partial charge in [0, 0.05) is 24.4 Å². The number of H-pyrrole nitrogens is 1. The molecule has 0 bridgehead atoms. The van der Waals surface area contributed by atoms with Crippen LogP contribution in [0, 0.1) is 19.8 Å². The van der Waals surface area contributed by atoms with Crippen LogP contribution < -0.4 is 5.43 Å². The minimum atomic E-state index is -0.493. The van der Waals surface area contributed by atoms with Gasteiger partial charge >= 0.3 is 6.09 Å². The SMILES string of the molecule is C#C.CC(C)(C)OC(=O)N1CCC[C@H]1C=O.Cc1cc(=O)cc(Br)[nH]1. The van der Waals surface area contributed by atoms with Crippen LogP contribution in [0.2, 0.25) is 0 Å². The molecule has 138 valence electrons. The molecule has 1 aliphatic heterocycles. The Bertz CT molecular complexity index is 623. The van der Waals surface area contributed by atoms with Crippen molar-refractivity contribution in [2.24, 2.45) is 0 Å². The second kappa shape index (κ2) is 10.7. The third-order valence-electron chi connectivity index (χ3n) is 3.03. The van der Waals surface area contributed by atoms with Crippen molar-refractivity contribution in [3.8, 4) is 12.8 Å². The average Bonchev–Trinajstić information content (AvgIpc) is 2.95. The van der Waals surface area contributed by atoms with Crippen molar-refractivity contribution in [3.05, 3.63) is 32.7 Å². The molecule has 1 aromatic heterocycles. The molecule has 1 aliphatic rings. The highest BCUT2D eigenvalue weighted by Crippen LogP contribution is 2.19. The molecular weight excluding hydrogens is 388 g/mol. The van der Waals surface area contributed by atoms with Crippen LogP contribution >= 0.6 is 15.9 Å². The number of likely N-dealkylation sites (tertiary alicyclic amines) is 1. The van der Waals surface area contributed by atoms with E-state index in [1.54, 1.807) is 6.07 Å². The van der Waals surface area contributed by atoms with E-state index >= 15 is 0 Å². The predicted molar refractivity (Wildman–Crippen MR) is 101 cm³/mol. The number of aldehydes is 1. The molecule has 1 fully saturated rings. The largest absolute Gasteiger partial charge is 0.444 e. The van der Waals surface area contributed by atoms with Crippen molar-refractivity contribution in [1.82, 2.24) is 9.88 Å². The maximum Gasteiger partial charge on any atom is 0.410 e. The van der Waals surface area contributed by atoms with Gasteiger partial charge in [-0.2, -0.15) is 0 Å². The van der Waals surface area contributed by atoms with Gasteiger partial charge in [-0.25, -0.2) is 4.79 Å². The Kier molecular flexibility index (Phi) is 9.84. The molecule has 1 N–H and O–H groups in total. The number of pyridine rings is 1. The van der Waals surface area contributed by atoms with Gasteiger partial charge in [-0.1, -0.05) is 0 Å². The van der Waals surface area contributed by atoms with E-state index in [1.807, 2.05) is 27.7 Å². The van der Waals surface area contributed by atoms with Gasteiger partial charge in [0.2, 0.25) is 0 Å². The van der Waals surface area contributed by atoms with Gasteiger partial charge in [-0.15, -0.1) is 12.8 Å². The number of rotatable bonds is 1. The second-order valence-corrected chi connectivity index (χ2v) is 7.22. The summed E-state index contributed by atoms with van der Waals surface area (Å²) in [6.07, 6.45) is 10.1. The van der Waals surface area contributed by atoms with Crippen molar-refractivity contribution in [2.45, 2.75) is 52.2 Å². The van der Waals surface area contributed by atoms with Gasteiger partial charge in [-0.3, -0.25) is 9.69 Å². The van der Waals surface area contributed by atoms with E-state index in [1.165, 1.54) is 11.0 Å². The first-order valence-corrected chi connectivity index (χ1v) is 8.56. The lowest BCUT2D eigenvalue weighted by atomic mass is 10.2. The number of nitrogens with zero attached hydrogens (tertiary/aromatic N) is 1. The van der Waals surface area contributed by atoms with Crippen LogP contribution in [0.3, 0.4) is 0 Å². The molecule has 1 saturated heterocycles. The van der Waals surface area contributed by atoms with Crippen LogP contribution in [-0.2, 0) is 9.53 Å². The predicted octanol–water partition coefficient (Wildman–Crippen LogP) is 3.28. The van der Waals surface area contributed by atoms with Crippen molar-refractivity contribution >= 4 is 28.3 Å². The Labute approximate surface area is 157 Å². The number of nitrogens with one attached hydrogen (secondary N) is 1. The molecule has 1 aromatic rings. The van der Waals surface area contributed by atoms with Gasteiger partial charge in [0.25, 0.3) is 0 Å². The molecule has 1 amide bonds. The summed E-state index contributed by atoms with van der Waals surface area (Å²) in [4.78, 5) is 37.3. The Hall–Kier alpha value is -2.07. The molecular formula is C18H25BrN2O4. The molecule has 0 saturated carbocycles. The van der Waals surface area contributed by atoms with Crippen LogP contribution in [0.15, 0.2) is 21.5 Å². The fourth-order valence-electron chi connectivity index (χ4n) is 2.12. The third kappa shape index (κ3) is 9.11. The maximum absolute atomic E-state index is 11.6. The highest BCUT2D eigenvalue weighted by atomic mass is 79.9. The average molecular weight is 413 g/mol. The lowest BCUT2D eigenvalue weighted by Gasteiger charge is -2.26. The summed E-state index contributed by atoms with van der Waals surface area (Å²) in [6.45, 7) is 7.91. The van der Waals surface area contributed by atoms with Crippen LogP contribution in [0.5, 0.6) is 0 Å². The molecule has 0 spiro atoms. The molecule has 0 aliphatic carbocycles. The standard InChI is InChI=1S/C10H17NO3.C6H6BrNO.C2H2/c1-10(2,3)14-9(13)11-6-4-5-8(11)7-12;1-4-2-5(9)3-6(7)8-4;1-2/h7-8H,4-6H2,1-3H3;2-3H,1H3,(H,8,9);1-2H/t8-;;/m0../s1. The normalized spacial score (nSPS) is 16.0. The summed E-state index contributed by atoms with van der Waals surface area (Å²) in [7, 11) is 0. The fraction of sp³-hybridized carbons (Fsp3) is 0.500. The van der Waals surface area contributed by atoms with Gasteiger partial charge in [0.15, 0.2) is 5.43 Å². The van der Waals surface area contributed by atoms with E-state index in [2.05, 4.69) is 33.8 Å². The zero-order valence-corrected chi connectivity index (χ0v) is 16.6. The number of aromatic nitrogens is 1. The number of aromatic amines is 1. The summed E-state index contributed by atoms with van der Waals surface area (Å²) in [5.74, 6) is 0. The van der Waals surface area contributed by atoms with Crippen LogP contribution in [0.1, 0.15) is 39.3 Å². The van der Waals surface area contributed by atoms with Crippen molar-refractivity contribution in [3.63, 3.8) is 0 Å². The van der Waals surface area contributed by atoms with E-state index in [4.69, 9.17) is 4.74 Å². The Morgan fingerprint density at radius 2 is 2.00 bits per heavy atom. The zero-order valence-electron chi connectivity index (χ0n) is 15.0. The first kappa shape index (κ1) is 22.9. The maximum atomic E-state index is 11.6. The second-order valence-electron chi connectivity index (χ2n) is 6.37. The van der Waals surface area contributed by atoms with Crippen molar-refractivity contribution < 1.29 is 14.3 Å². The third-order valence-corrected chi connectivity index (χ3v) is 3.46. The van der Waals surface area contributed by atoms with Gasteiger partial charge in [0.1, 0.15) is 11.9 Å². The number of aryl methyl sites for hydroxylation is 1. The first-order chi connectivity index (χ1) is 11.6. The van der Waals surface area contributed by atoms with Gasteiger partial charge in [0.05, 0.1) is 10.6 Å². The quantitative estimate of drug-likeness (QED) is 0.435. The van der Waals surface area contributed by atoms with E-state index in [9.17, 15) is 14.4 Å². The van der Waals surface area contributed by atoms with Crippen molar-refractivity contribution in [1.29, 1.82) is 0 Å². The minimum Gasteiger partial charge on any atom is -0.444 e. The lowest BCUT2D eigenvalue weighted by Crippen LogP contribution is -2.40. The number of carbonyl (C=O) groups excluding carboxylic acids is 2. The molecule has 7 heteroatoms. The summed E-state index contributed by atoms with van der Waals surface area (Å²) < 4.78 is 5.91. The number of carbonyl (C=O) groups is 2. The molecule has 0 unspecified atom stereocenters. The topological polar surface area (TPSA) is 79.5 Å².